The molecule has 9 heavy (non-hydrogen) atoms. The molecular formula is C7H12N2. The van der Waals surface area contributed by atoms with Crippen LogP contribution in [0, 0.1) is 0 Å². The minimum absolute atomic E-state index is 0.558. The average Bonchev–Trinajstić information content (AvgIpc) is 1.82. The van der Waals surface area contributed by atoms with E-state index < -0.39 is 0 Å². The van der Waals surface area contributed by atoms with Gasteiger partial charge in [0.25, 0.3) is 0 Å². The van der Waals surface area contributed by atoms with Gasteiger partial charge in [-0.2, -0.15) is 0 Å². The van der Waals surface area contributed by atoms with Crippen LogP contribution in [0.2, 0.25) is 0 Å². The summed E-state index contributed by atoms with van der Waals surface area (Å²) in [5.41, 5.74) is 6.12. The molecule has 0 radical (unpaired) electrons. The smallest absolute Gasteiger partial charge is 0.0964 e. The van der Waals surface area contributed by atoms with E-state index in [-0.39, 0.29) is 0 Å². The molecule has 0 amide bonds. The SMILES string of the molecule is C=CC(=C/C)/N=C(/C)N. The molecule has 0 fully saturated rings. The summed E-state index contributed by atoms with van der Waals surface area (Å²) < 4.78 is 0. The van der Waals surface area contributed by atoms with Gasteiger partial charge in [-0.3, -0.25) is 0 Å². The molecule has 0 aromatic carbocycles. The summed E-state index contributed by atoms with van der Waals surface area (Å²) in [5, 5.41) is 0. The van der Waals surface area contributed by atoms with Crippen LogP contribution in [0.25, 0.3) is 0 Å². The Balaban J connectivity index is 4.18. The van der Waals surface area contributed by atoms with Crippen LogP contribution < -0.4 is 5.73 Å². The third kappa shape index (κ3) is 3.53. The second kappa shape index (κ2) is 3.89. The van der Waals surface area contributed by atoms with E-state index in [4.69, 9.17) is 5.73 Å². The van der Waals surface area contributed by atoms with Gasteiger partial charge in [0.1, 0.15) is 0 Å². The first-order valence-electron chi connectivity index (χ1n) is 2.80. The van der Waals surface area contributed by atoms with E-state index in [0.717, 1.165) is 5.70 Å². The molecule has 0 bridgehead atoms. The highest BCUT2D eigenvalue weighted by Gasteiger charge is 1.81. The minimum atomic E-state index is 0.558. The summed E-state index contributed by atoms with van der Waals surface area (Å²) in [4.78, 5) is 3.95. The highest BCUT2D eigenvalue weighted by molar-refractivity contribution is 5.78. The van der Waals surface area contributed by atoms with Crippen molar-refractivity contribution in [2.75, 3.05) is 0 Å². The number of allylic oxidation sites excluding steroid dienone is 2. The van der Waals surface area contributed by atoms with E-state index in [9.17, 15) is 0 Å². The Kier molecular flexibility index (Phi) is 3.44. The van der Waals surface area contributed by atoms with Gasteiger partial charge in [0.05, 0.1) is 11.5 Å². The van der Waals surface area contributed by atoms with E-state index in [1.54, 1.807) is 13.0 Å². The number of aliphatic imine (C=N–C) groups is 1. The zero-order chi connectivity index (χ0) is 7.28. The molecule has 2 heteroatoms. The maximum Gasteiger partial charge on any atom is 0.0964 e. The quantitative estimate of drug-likeness (QED) is 0.338. The van der Waals surface area contributed by atoms with Crippen molar-refractivity contribution in [2.45, 2.75) is 13.8 Å². The maximum absolute atomic E-state index is 5.31. The largest absolute Gasteiger partial charge is 0.387 e. The molecule has 2 nitrogen and oxygen atoms in total. The highest BCUT2D eigenvalue weighted by Crippen LogP contribution is 1.95. The molecule has 0 aliphatic carbocycles. The van der Waals surface area contributed by atoms with Gasteiger partial charge in [0.2, 0.25) is 0 Å². The first kappa shape index (κ1) is 7.95. The third-order valence-corrected chi connectivity index (χ3v) is 0.810. The Morgan fingerprint density at radius 1 is 1.67 bits per heavy atom. The van der Waals surface area contributed by atoms with Gasteiger partial charge in [-0.15, -0.1) is 0 Å². The number of rotatable bonds is 2. The fraction of sp³-hybridized carbons (Fsp3) is 0.286. The Labute approximate surface area is 55.8 Å². The lowest BCUT2D eigenvalue weighted by atomic mass is 10.4. The van der Waals surface area contributed by atoms with Gasteiger partial charge in [-0.05, 0) is 19.9 Å². The molecule has 0 atom stereocenters. The van der Waals surface area contributed by atoms with Gasteiger partial charge < -0.3 is 5.73 Å². The van der Waals surface area contributed by atoms with Crippen molar-refractivity contribution in [3.8, 4) is 0 Å². The van der Waals surface area contributed by atoms with E-state index in [1.165, 1.54) is 0 Å². The van der Waals surface area contributed by atoms with Crippen molar-refractivity contribution in [1.29, 1.82) is 0 Å². The van der Waals surface area contributed by atoms with Crippen LogP contribution in [0.4, 0.5) is 0 Å². The van der Waals surface area contributed by atoms with Gasteiger partial charge >= 0.3 is 0 Å². The lowest BCUT2D eigenvalue weighted by Crippen LogP contribution is -2.04. The lowest BCUT2D eigenvalue weighted by molar-refractivity contribution is 1.35. The van der Waals surface area contributed by atoms with Crippen LogP contribution in [0.1, 0.15) is 13.8 Å². The monoisotopic (exact) mass is 124 g/mol. The van der Waals surface area contributed by atoms with Gasteiger partial charge in [0.15, 0.2) is 0 Å². The summed E-state index contributed by atoms with van der Waals surface area (Å²) in [5.74, 6) is 0.558. The van der Waals surface area contributed by atoms with Crippen LogP contribution in [-0.2, 0) is 0 Å². The summed E-state index contributed by atoms with van der Waals surface area (Å²) in [6, 6.07) is 0. The van der Waals surface area contributed by atoms with Crippen LogP contribution in [0.5, 0.6) is 0 Å². The first-order valence-corrected chi connectivity index (χ1v) is 2.80. The Hall–Kier alpha value is -1.05. The van der Waals surface area contributed by atoms with E-state index in [1.807, 2.05) is 13.0 Å². The standard InChI is InChI=1S/C7H12N2/c1-4-7(5-2)9-6(3)8/h4-5H,1H2,2-3H3,(H2,8,9)/b7-5-. The normalized spacial score (nSPS) is 13.6. The predicted molar refractivity (Wildman–Crippen MR) is 41.3 cm³/mol. The molecular weight excluding hydrogens is 112 g/mol. The third-order valence-electron chi connectivity index (χ3n) is 0.810. The molecule has 0 aromatic rings. The molecule has 0 aromatic heterocycles. The number of nitrogens with two attached hydrogens (primary N) is 1. The summed E-state index contributed by atoms with van der Waals surface area (Å²) in [6.45, 7) is 7.19. The maximum atomic E-state index is 5.31. The molecule has 0 rings (SSSR count). The Bertz CT molecular complexity index is 150. The van der Waals surface area contributed by atoms with Crippen molar-refractivity contribution < 1.29 is 0 Å². The van der Waals surface area contributed by atoms with Gasteiger partial charge in [0, 0.05) is 0 Å². The van der Waals surface area contributed by atoms with Gasteiger partial charge in [-0.1, -0.05) is 12.7 Å². The molecule has 0 unspecified atom stereocenters. The second-order valence-corrected chi connectivity index (χ2v) is 1.67. The number of hydrogen-bond acceptors (Lipinski definition) is 1. The average molecular weight is 124 g/mol. The summed E-state index contributed by atoms with van der Waals surface area (Å²) >= 11 is 0. The van der Waals surface area contributed by atoms with Crippen molar-refractivity contribution in [1.82, 2.24) is 0 Å². The predicted octanol–water partition coefficient (Wildman–Crippen LogP) is 1.45. The number of amidine groups is 1. The zero-order valence-electron chi connectivity index (χ0n) is 5.89. The zero-order valence-corrected chi connectivity index (χ0v) is 5.89. The van der Waals surface area contributed by atoms with E-state index in [2.05, 4.69) is 11.6 Å². The van der Waals surface area contributed by atoms with Gasteiger partial charge in [-0.25, -0.2) is 4.99 Å². The minimum Gasteiger partial charge on any atom is -0.387 e. The summed E-state index contributed by atoms with van der Waals surface area (Å²) in [6.07, 6.45) is 3.51. The molecule has 0 aliphatic heterocycles. The Morgan fingerprint density at radius 2 is 2.22 bits per heavy atom. The molecule has 0 saturated heterocycles. The molecule has 0 saturated carbocycles. The van der Waals surface area contributed by atoms with Crippen LogP contribution in [-0.4, -0.2) is 5.84 Å². The fourth-order valence-electron chi connectivity index (χ4n) is 0.432. The van der Waals surface area contributed by atoms with Crippen LogP contribution >= 0.6 is 0 Å². The second-order valence-electron chi connectivity index (χ2n) is 1.67. The number of nitrogens with zero attached hydrogens (tertiary/aromatic N) is 1. The van der Waals surface area contributed by atoms with Crippen LogP contribution in [0.15, 0.2) is 29.4 Å². The molecule has 0 heterocycles. The first-order chi connectivity index (χ1) is 4.20. The Morgan fingerprint density at radius 3 is 2.33 bits per heavy atom. The van der Waals surface area contributed by atoms with Crippen molar-refractivity contribution >= 4 is 5.84 Å². The molecule has 2 N–H and O–H groups in total. The molecule has 50 valence electrons. The highest BCUT2D eigenvalue weighted by atomic mass is 14.8. The van der Waals surface area contributed by atoms with Crippen molar-refractivity contribution in [3.63, 3.8) is 0 Å². The van der Waals surface area contributed by atoms with E-state index >= 15 is 0 Å². The van der Waals surface area contributed by atoms with Crippen molar-refractivity contribution in [2.24, 2.45) is 10.7 Å². The molecule has 0 aliphatic rings. The number of hydrogen-bond donors (Lipinski definition) is 1. The molecule has 0 spiro atoms. The van der Waals surface area contributed by atoms with Crippen molar-refractivity contribution in [3.05, 3.63) is 24.4 Å². The topological polar surface area (TPSA) is 38.4 Å². The van der Waals surface area contributed by atoms with E-state index in [0.29, 0.717) is 5.84 Å². The summed E-state index contributed by atoms with van der Waals surface area (Å²) in [7, 11) is 0. The lowest BCUT2D eigenvalue weighted by Gasteiger charge is -1.90. The fourth-order valence-corrected chi connectivity index (χ4v) is 0.432. The van der Waals surface area contributed by atoms with Crippen LogP contribution in [0.3, 0.4) is 0 Å².